The van der Waals surface area contributed by atoms with E-state index in [0.717, 1.165) is 42.4 Å². The third kappa shape index (κ3) is 2.65. The summed E-state index contributed by atoms with van der Waals surface area (Å²) >= 11 is 1.37. The van der Waals surface area contributed by atoms with Gasteiger partial charge >= 0.3 is 0 Å². The number of carbonyl (C=O) groups excluding carboxylic acids is 1. The molecule has 1 fully saturated rings. The molecule has 7 heteroatoms. The van der Waals surface area contributed by atoms with Crippen LogP contribution in [0.1, 0.15) is 19.8 Å². The van der Waals surface area contributed by atoms with E-state index < -0.39 is 0 Å². The van der Waals surface area contributed by atoms with Gasteiger partial charge in [0.25, 0.3) is 0 Å². The van der Waals surface area contributed by atoms with E-state index >= 15 is 0 Å². The van der Waals surface area contributed by atoms with E-state index in [9.17, 15) is 4.79 Å². The summed E-state index contributed by atoms with van der Waals surface area (Å²) in [6, 6.07) is 7.93. The van der Waals surface area contributed by atoms with Crippen molar-refractivity contribution < 1.29 is 4.79 Å². The Kier molecular flexibility index (Phi) is 3.65. The predicted octanol–water partition coefficient (Wildman–Crippen LogP) is 2.61. The summed E-state index contributed by atoms with van der Waals surface area (Å²) in [6.07, 6.45) is 2.20. The molecule has 23 heavy (non-hydrogen) atoms. The van der Waals surface area contributed by atoms with Gasteiger partial charge in [0, 0.05) is 24.0 Å². The molecule has 1 N–H and O–H groups in total. The van der Waals surface area contributed by atoms with Crippen LogP contribution >= 0.6 is 11.8 Å². The zero-order chi connectivity index (χ0) is 15.8. The maximum Gasteiger partial charge on any atom is 0.235 e. The van der Waals surface area contributed by atoms with Gasteiger partial charge in [0.1, 0.15) is 5.52 Å². The SMILES string of the molecule is C[C@@H](Sc1nnc2c(n1)[nH]c1ccccc12)C(=O)N1CCCC1. The Morgan fingerprint density at radius 1 is 1.26 bits per heavy atom. The van der Waals surface area contributed by atoms with Crippen molar-refractivity contribution in [1.29, 1.82) is 0 Å². The molecule has 0 saturated carbocycles. The molecule has 1 saturated heterocycles. The smallest absolute Gasteiger partial charge is 0.235 e. The van der Waals surface area contributed by atoms with Gasteiger partial charge in [-0.15, -0.1) is 10.2 Å². The number of aromatic amines is 1. The Hall–Kier alpha value is -2.15. The van der Waals surface area contributed by atoms with Crippen LogP contribution in [-0.4, -0.2) is 49.3 Å². The quantitative estimate of drug-likeness (QED) is 0.749. The Labute approximate surface area is 137 Å². The first-order valence-electron chi connectivity index (χ1n) is 7.79. The van der Waals surface area contributed by atoms with Gasteiger partial charge in [0.15, 0.2) is 5.65 Å². The standard InChI is InChI=1S/C16H17N5OS/c1-10(15(22)21-8-4-5-9-21)23-16-18-14-13(19-20-16)11-6-2-3-7-12(11)17-14/h2-3,6-7,10H,4-5,8-9H2,1H3,(H,17,18,20)/t10-/m1/s1. The summed E-state index contributed by atoms with van der Waals surface area (Å²) in [5, 5.41) is 9.83. The van der Waals surface area contributed by atoms with Crippen molar-refractivity contribution in [1.82, 2.24) is 25.1 Å². The van der Waals surface area contributed by atoms with Crippen LogP contribution in [-0.2, 0) is 4.79 Å². The van der Waals surface area contributed by atoms with Crippen LogP contribution in [0.15, 0.2) is 29.4 Å². The lowest BCUT2D eigenvalue weighted by Crippen LogP contribution is -2.34. The first-order valence-corrected chi connectivity index (χ1v) is 8.67. The number of rotatable bonds is 3. The number of likely N-dealkylation sites (tertiary alicyclic amines) is 1. The van der Waals surface area contributed by atoms with E-state index in [1.807, 2.05) is 36.1 Å². The second kappa shape index (κ2) is 5.81. The maximum absolute atomic E-state index is 12.4. The molecule has 0 unspecified atom stereocenters. The number of thioether (sulfide) groups is 1. The molecule has 1 amide bonds. The number of H-pyrrole nitrogens is 1. The Morgan fingerprint density at radius 3 is 2.87 bits per heavy atom. The Morgan fingerprint density at radius 2 is 2.04 bits per heavy atom. The Bertz CT molecular complexity index is 871. The van der Waals surface area contributed by atoms with E-state index in [4.69, 9.17) is 0 Å². The molecule has 2 aromatic heterocycles. The first-order chi connectivity index (χ1) is 11.2. The van der Waals surface area contributed by atoms with E-state index in [0.29, 0.717) is 10.8 Å². The monoisotopic (exact) mass is 327 g/mol. The van der Waals surface area contributed by atoms with Gasteiger partial charge in [0.05, 0.1) is 5.25 Å². The normalized spacial score (nSPS) is 16.3. The number of fused-ring (bicyclic) bond motifs is 3. The number of amides is 1. The molecule has 1 aliphatic rings. The summed E-state index contributed by atoms with van der Waals surface area (Å²) < 4.78 is 0. The van der Waals surface area contributed by atoms with Crippen LogP contribution in [0.25, 0.3) is 22.1 Å². The molecule has 118 valence electrons. The average Bonchev–Trinajstić information content (AvgIpc) is 3.21. The van der Waals surface area contributed by atoms with E-state index in [1.165, 1.54) is 11.8 Å². The molecule has 3 heterocycles. The van der Waals surface area contributed by atoms with Crippen molar-refractivity contribution in [3.63, 3.8) is 0 Å². The van der Waals surface area contributed by atoms with Crippen LogP contribution in [0.2, 0.25) is 0 Å². The van der Waals surface area contributed by atoms with Gasteiger partial charge in [-0.3, -0.25) is 4.79 Å². The van der Waals surface area contributed by atoms with E-state index in [-0.39, 0.29) is 11.2 Å². The molecule has 0 radical (unpaired) electrons. The largest absolute Gasteiger partial charge is 0.342 e. The Balaban J connectivity index is 1.59. The van der Waals surface area contributed by atoms with Crippen LogP contribution in [0.3, 0.4) is 0 Å². The second-order valence-electron chi connectivity index (χ2n) is 5.75. The number of hydrogen-bond donors (Lipinski definition) is 1. The molecule has 1 atom stereocenters. The van der Waals surface area contributed by atoms with Gasteiger partial charge in [-0.05, 0) is 25.8 Å². The minimum atomic E-state index is -0.197. The molecule has 6 nitrogen and oxygen atoms in total. The van der Waals surface area contributed by atoms with Gasteiger partial charge in [-0.2, -0.15) is 0 Å². The van der Waals surface area contributed by atoms with E-state index in [2.05, 4.69) is 20.2 Å². The third-order valence-corrected chi connectivity index (χ3v) is 5.09. The number of hydrogen-bond acceptors (Lipinski definition) is 5. The molecule has 0 aliphatic carbocycles. The summed E-state index contributed by atoms with van der Waals surface area (Å²) in [5.74, 6) is 0.160. The zero-order valence-electron chi connectivity index (χ0n) is 12.8. The van der Waals surface area contributed by atoms with Crippen molar-refractivity contribution in [2.24, 2.45) is 0 Å². The number of para-hydroxylation sites is 1. The summed E-state index contributed by atoms with van der Waals surface area (Å²) in [4.78, 5) is 22.1. The highest BCUT2D eigenvalue weighted by atomic mass is 32.2. The fourth-order valence-corrected chi connectivity index (χ4v) is 3.76. The molecular weight excluding hydrogens is 310 g/mol. The maximum atomic E-state index is 12.4. The number of carbonyl (C=O) groups is 1. The lowest BCUT2D eigenvalue weighted by atomic mass is 10.2. The van der Waals surface area contributed by atoms with Crippen molar-refractivity contribution in [2.45, 2.75) is 30.2 Å². The highest BCUT2D eigenvalue weighted by molar-refractivity contribution is 8.00. The van der Waals surface area contributed by atoms with Crippen LogP contribution < -0.4 is 0 Å². The van der Waals surface area contributed by atoms with Crippen molar-refractivity contribution in [3.8, 4) is 0 Å². The van der Waals surface area contributed by atoms with Crippen LogP contribution in [0, 0.1) is 0 Å². The van der Waals surface area contributed by atoms with Crippen LogP contribution in [0.5, 0.6) is 0 Å². The van der Waals surface area contributed by atoms with Crippen LogP contribution in [0.4, 0.5) is 0 Å². The van der Waals surface area contributed by atoms with Gasteiger partial charge in [-0.25, -0.2) is 4.98 Å². The van der Waals surface area contributed by atoms with Gasteiger partial charge in [-0.1, -0.05) is 30.0 Å². The molecule has 1 aromatic carbocycles. The lowest BCUT2D eigenvalue weighted by Gasteiger charge is -2.19. The van der Waals surface area contributed by atoms with E-state index in [1.54, 1.807) is 0 Å². The minimum Gasteiger partial charge on any atom is -0.342 e. The average molecular weight is 327 g/mol. The molecule has 1 aliphatic heterocycles. The van der Waals surface area contributed by atoms with Crippen molar-refractivity contribution in [3.05, 3.63) is 24.3 Å². The summed E-state index contributed by atoms with van der Waals surface area (Å²) in [7, 11) is 0. The lowest BCUT2D eigenvalue weighted by molar-refractivity contribution is -0.129. The molecule has 0 spiro atoms. The number of benzene rings is 1. The number of nitrogens with one attached hydrogen (secondary N) is 1. The fraction of sp³-hybridized carbons (Fsp3) is 0.375. The minimum absolute atomic E-state index is 0.160. The molecule has 0 bridgehead atoms. The molecule has 4 rings (SSSR count). The topological polar surface area (TPSA) is 74.8 Å². The number of aromatic nitrogens is 4. The van der Waals surface area contributed by atoms with Crippen molar-refractivity contribution >= 4 is 39.7 Å². The predicted molar refractivity (Wildman–Crippen MR) is 90.3 cm³/mol. The highest BCUT2D eigenvalue weighted by Crippen LogP contribution is 2.26. The second-order valence-corrected chi connectivity index (χ2v) is 7.06. The molecule has 3 aromatic rings. The highest BCUT2D eigenvalue weighted by Gasteiger charge is 2.25. The summed E-state index contributed by atoms with van der Waals surface area (Å²) in [5.41, 5.74) is 2.47. The number of nitrogens with zero attached hydrogens (tertiary/aromatic N) is 4. The third-order valence-electron chi connectivity index (χ3n) is 4.15. The summed E-state index contributed by atoms with van der Waals surface area (Å²) in [6.45, 7) is 3.64. The first kappa shape index (κ1) is 14.4. The zero-order valence-corrected chi connectivity index (χ0v) is 13.6. The van der Waals surface area contributed by atoms with Gasteiger partial charge in [0.2, 0.25) is 11.1 Å². The van der Waals surface area contributed by atoms with Crippen molar-refractivity contribution in [2.75, 3.05) is 13.1 Å². The fourth-order valence-electron chi connectivity index (χ4n) is 2.96. The molecular formula is C16H17N5OS. The van der Waals surface area contributed by atoms with Gasteiger partial charge < -0.3 is 9.88 Å².